The van der Waals surface area contributed by atoms with E-state index >= 15 is 0 Å². The second kappa shape index (κ2) is 6.99. The van der Waals surface area contributed by atoms with Crippen LogP contribution in [0.4, 0.5) is 0 Å². The number of aryl methyl sites for hydroxylation is 1. The standard InChI is InChI=1S/C18H27NO3/c1-15-5-4-8-17(11-15)22-14-18(20)12-19(9-10-21-13-18)16-6-2-3-7-16/h4-5,8,11,16,20H,2-3,6-7,9-10,12-14H2,1H3/t18-/m1/s1. The molecule has 1 aliphatic heterocycles. The fraction of sp³-hybridized carbons (Fsp3) is 0.667. The second-order valence-corrected chi connectivity index (χ2v) is 6.79. The quantitative estimate of drug-likeness (QED) is 0.927. The zero-order chi connectivity index (χ0) is 15.4. The molecule has 1 aromatic rings. The highest BCUT2D eigenvalue weighted by Crippen LogP contribution is 2.26. The summed E-state index contributed by atoms with van der Waals surface area (Å²) in [7, 11) is 0. The van der Waals surface area contributed by atoms with Crippen LogP contribution in [0, 0.1) is 6.92 Å². The normalized spacial score (nSPS) is 27.7. The fourth-order valence-corrected chi connectivity index (χ4v) is 3.54. The summed E-state index contributed by atoms with van der Waals surface area (Å²) in [6.45, 7) is 4.92. The van der Waals surface area contributed by atoms with Crippen molar-refractivity contribution in [1.29, 1.82) is 0 Å². The van der Waals surface area contributed by atoms with Crippen LogP contribution in [0.1, 0.15) is 31.2 Å². The summed E-state index contributed by atoms with van der Waals surface area (Å²) in [6.07, 6.45) is 5.10. The van der Waals surface area contributed by atoms with Gasteiger partial charge in [-0.15, -0.1) is 0 Å². The van der Waals surface area contributed by atoms with E-state index in [4.69, 9.17) is 9.47 Å². The lowest BCUT2D eigenvalue weighted by molar-refractivity contribution is -0.0669. The van der Waals surface area contributed by atoms with E-state index in [1.165, 1.54) is 25.7 Å². The summed E-state index contributed by atoms with van der Waals surface area (Å²) in [4.78, 5) is 2.40. The number of benzene rings is 1. The fourth-order valence-electron chi connectivity index (χ4n) is 3.54. The van der Waals surface area contributed by atoms with E-state index in [1.54, 1.807) is 0 Å². The predicted molar refractivity (Wildman–Crippen MR) is 86.3 cm³/mol. The van der Waals surface area contributed by atoms with Crippen LogP contribution in [-0.4, -0.2) is 54.6 Å². The molecule has 2 aliphatic rings. The molecule has 1 N–H and O–H groups in total. The molecule has 3 rings (SSSR count). The number of hydrogen-bond acceptors (Lipinski definition) is 4. The Morgan fingerprint density at radius 1 is 1.36 bits per heavy atom. The monoisotopic (exact) mass is 305 g/mol. The highest BCUT2D eigenvalue weighted by atomic mass is 16.5. The average Bonchev–Trinajstić information content (AvgIpc) is 2.96. The molecular formula is C18H27NO3. The van der Waals surface area contributed by atoms with Gasteiger partial charge in [-0.1, -0.05) is 25.0 Å². The van der Waals surface area contributed by atoms with Gasteiger partial charge in [0.25, 0.3) is 0 Å². The Labute approximate surface area is 133 Å². The smallest absolute Gasteiger partial charge is 0.134 e. The van der Waals surface area contributed by atoms with Crippen molar-refractivity contribution in [2.75, 3.05) is 32.9 Å². The topological polar surface area (TPSA) is 41.9 Å². The van der Waals surface area contributed by atoms with Crippen LogP contribution >= 0.6 is 0 Å². The molecule has 22 heavy (non-hydrogen) atoms. The highest BCUT2D eigenvalue weighted by Gasteiger charge is 2.36. The van der Waals surface area contributed by atoms with Gasteiger partial charge in [0, 0.05) is 19.1 Å². The maximum absolute atomic E-state index is 10.9. The first-order valence-corrected chi connectivity index (χ1v) is 8.38. The molecule has 1 atom stereocenters. The minimum atomic E-state index is -0.928. The van der Waals surface area contributed by atoms with Crippen LogP contribution < -0.4 is 4.74 Å². The number of rotatable bonds is 4. The molecule has 0 amide bonds. The van der Waals surface area contributed by atoms with Gasteiger partial charge in [0.2, 0.25) is 0 Å². The van der Waals surface area contributed by atoms with Crippen molar-refractivity contribution in [1.82, 2.24) is 4.90 Å². The number of β-amino-alcohol motifs (C(OH)–C–C–N with tert-alkyl or cyclic N) is 1. The molecule has 0 bridgehead atoms. The van der Waals surface area contributed by atoms with Crippen LogP contribution in [0.25, 0.3) is 0 Å². The van der Waals surface area contributed by atoms with Crippen LogP contribution in [0.3, 0.4) is 0 Å². The third-order valence-electron chi connectivity index (χ3n) is 4.73. The Morgan fingerprint density at radius 2 is 2.18 bits per heavy atom. The molecule has 4 nitrogen and oxygen atoms in total. The third kappa shape index (κ3) is 4.00. The highest BCUT2D eigenvalue weighted by molar-refractivity contribution is 5.27. The predicted octanol–water partition coefficient (Wildman–Crippen LogP) is 2.38. The van der Waals surface area contributed by atoms with Gasteiger partial charge in [-0.2, -0.15) is 0 Å². The lowest BCUT2D eigenvalue weighted by atomic mass is 10.0. The van der Waals surface area contributed by atoms with E-state index in [2.05, 4.69) is 4.90 Å². The second-order valence-electron chi connectivity index (χ2n) is 6.79. The molecule has 122 valence electrons. The van der Waals surface area contributed by atoms with Crippen molar-refractivity contribution in [3.8, 4) is 5.75 Å². The molecule has 0 aromatic heterocycles. The first-order valence-electron chi connectivity index (χ1n) is 8.38. The maximum Gasteiger partial charge on any atom is 0.134 e. The molecule has 0 unspecified atom stereocenters. The molecule has 1 heterocycles. The van der Waals surface area contributed by atoms with Crippen molar-refractivity contribution >= 4 is 0 Å². The summed E-state index contributed by atoms with van der Waals surface area (Å²) in [5, 5.41) is 10.9. The molecule has 0 spiro atoms. The van der Waals surface area contributed by atoms with E-state index in [0.717, 1.165) is 17.9 Å². The van der Waals surface area contributed by atoms with Crippen LogP contribution in [0.5, 0.6) is 5.75 Å². The van der Waals surface area contributed by atoms with Crippen molar-refractivity contribution < 1.29 is 14.6 Å². The average molecular weight is 305 g/mol. The Bertz CT molecular complexity index is 487. The third-order valence-corrected chi connectivity index (χ3v) is 4.73. The molecule has 4 heteroatoms. The molecular weight excluding hydrogens is 278 g/mol. The lowest BCUT2D eigenvalue weighted by Gasteiger charge is -2.33. The molecule has 1 saturated heterocycles. The van der Waals surface area contributed by atoms with Crippen LogP contribution in [-0.2, 0) is 4.74 Å². The minimum Gasteiger partial charge on any atom is -0.490 e. The number of aliphatic hydroxyl groups is 1. The summed E-state index contributed by atoms with van der Waals surface area (Å²) >= 11 is 0. The van der Waals surface area contributed by atoms with Gasteiger partial charge in [-0.3, -0.25) is 4.90 Å². The Balaban J connectivity index is 1.62. The zero-order valence-corrected chi connectivity index (χ0v) is 13.5. The van der Waals surface area contributed by atoms with Gasteiger partial charge < -0.3 is 14.6 Å². The SMILES string of the molecule is Cc1cccc(OC[C@]2(O)COCCN(C3CCCC3)C2)c1. The summed E-state index contributed by atoms with van der Waals surface area (Å²) < 4.78 is 11.5. The van der Waals surface area contributed by atoms with Gasteiger partial charge in [-0.25, -0.2) is 0 Å². The zero-order valence-electron chi connectivity index (χ0n) is 13.5. The Morgan fingerprint density at radius 3 is 2.95 bits per heavy atom. The first kappa shape index (κ1) is 15.8. The summed E-state index contributed by atoms with van der Waals surface area (Å²) in [5.74, 6) is 0.810. The van der Waals surface area contributed by atoms with Gasteiger partial charge >= 0.3 is 0 Å². The van der Waals surface area contributed by atoms with Gasteiger partial charge in [0.15, 0.2) is 0 Å². The Hall–Kier alpha value is -1.10. The van der Waals surface area contributed by atoms with Crippen molar-refractivity contribution in [3.05, 3.63) is 29.8 Å². The van der Waals surface area contributed by atoms with E-state index in [-0.39, 0.29) is 6.61 Å². The summed E-state index contributed by atoms with van der Waals surface area (Å²) in [5.41, 5.74) is 0.234. The maximum atomic E-state index is 10.9. The first-order chi connectivity index (χ1) is 10.6. The number of nitrogens with zero attached hydrogens (tertiary/aromatic N) is 1. The van der Waals surface area contributed by atoms with Crippen molar-refractivity contribution in [2.45, 2.75) is 44.2 Å². The van der Waals surface area contributed by atoms with Gasteiger partial charge in [0.05, 0.1) is 13.2 Å². The van der Waals surface area contributed by atoms with Crippen molar-refractivity contribution in [2.24, 2.45) is 0 Å². The summed E-state index contributed by atoms with van der Waals surface area (Å²) in [6, 6.07) is 8.55. The molecule has 1 aromatic carbocycles. The van der Waals surface area contributed by atoms with E-state index in [1.807, 2.05) is 31.2 Å². The van der Waals surface area contributed by atoms with E-state index in [0.29, 0.717) is 25.8 Å². The largest absolute Gasteiger partial charge is 0.490 e. The molecule has 1 aliphatic carbocycles. The van der Waals surface area contributed by atoms with Gasteiger partial charge in [0.1, 0.15) is 18.0 Å². The van der Waals surface area contributed by atoms with Crippen molar-refractivity contribution in [3.63, 3.8) is 0 Å². The molecule has 1 saturated carbocycles. The minimum absolute atomic E-state index is 0.277. The molecule has 0 radical (unpaired) electrons. The van der Waals surface area contributed by atoms with E-state index in [9.17, 15) is 5.11 Å². The Kier molecular flexibility index (Phi) is 5.01. The lowest BCUT2D eigenvalue weighted by Crippen LogP contribution is -2.51. The van der Waals surface area contributed by atoms with E-state index < -0.39 is 5.60 Å². The van der Waals surface area contributed by atoms with Gasteiger partial charge in [-0.05, 0) is 37.5 Å². The number of hydrogen-bond donors (Lipinski definition) is 1. The van der Waals surface area contributed by atoms with Crippen LogP contribution in [0.15, 0.2) is 24.3 Å². The van der Waals surface area contributed by atoms with Crippen LogP contribution in [0.2, 0.25) is 0 Å². The molecule has 2 fully saturated rings. The number of ether oxygens (including phenoxy) is 2.